The molecule has 0 atom stereocenters. The van der Waals surface area contributed by atoms with E-state index in [4.69, 9.17) is 9.47 Å². The first kappa shape index (κ1) is 21.0. The van der Waals surface area contributed by atoms with E-state index in [0.717, 1.165) is 50.5 Å². The Hall–Kier alpha value is -3.28. The Kier molecular flexibility index (Phi) is 5.98. The highest BCUT2D eigenvalue weighted by atomic mass is 16.5. The molecule has 0 amide bonds. The zero-order valence-electron chi connectivity index (χ0n) is 18.8. The van der Waals surface area contributed by atoms with Crippen molar-refractivity contribution in [2.45, 2.75) is 34.6 Å². The highest BCUT2D eigenvalue weighted by molar-refractivity contribution is 6.10. The van der Waals surface area contributed by atoms with Crippen LogP contribution in [0.4, 0.5) is 11.4 Å². The van der Waals surface area contributed by atoms with Gasteiger partial charge in [0.1, 0.15) is 11.8 Å². The highest BCUT2D eigenvalue weighted by Gasteiger charge is 2.13. The SMILES string of the molecule is Cc1cc(Nc2ccc(OCC(C)C)c(OCC(C)C)c2)c2c(ccc3ncnc32)[nH]1. The van der Waals surface area contributed by atoms with Crippen LogP contribution in [0.1, 0.15) is 33.4 Å². The maximum absolute atomic E-state index is 6.08. The number of rotatable bonds is 8. The molecule has 4 aromatic rings. The standard InChI is InChI=1S/C25H30N4O2/c1-15(2)12-30-22-9-6-18(11-23(22)31-13-16(3)4)29-21-10-17(5)28-19-7-8-20-25(24(19)21)27-14-26-20/h6-11,14-16,28-29H,12-13H2,1-5H3. The molecule has 0 aliphatic heterocycles. The van der Waals surface area contributed by atoms with E-state index in [2.05, 4.69) is 54.0 Å². The highest BCUT2D eigenvalue weighted by Crippen LogP contribution is 2.35. The van der Waals surface area contributed by atoms with Crippen molar-refractivity contribution >= 4 is 33.3 Å². The van der Waals surface area contributed by atoms with E-state index in [1.165, 1.54) is 0 Å². The first-order valence-corrected chi connectivity index (χ1v) is 10.8. The van der Waals surface area contributed by atoms with E-state index in [9.17, 15) is 0 Å². The largest absolute Gasteiger partial charge is 0.489 e. The van der Waals surface area contributed by atoms with Gasteiger partial charge < -0.3 is 19.8 Å². The average molecular weight is 419 g/mol. The second-order valence-corrected chi connectivity index (χ2v) is 8.79. The van der Waals surface area contributed by atoms with Crippen molar-refractivity contribution in [1.82, 2.24) is 15.0 Å². The molecule has 2 N–H and O–H groups in total. The van der Waals surface area contributed by atoms with Gasteiger partial charge in [-0.3, -0.25) is 0 Å². The number of aromatic amines is 1. The van der Waals surface area contributed by atoms with E-state index >= 15 is 0 Å². The molecule has 0 radical (unpaired) electrons. The summed E-state index contributed by atoms with van der Waals surface area (Å²) in [5, 5.41) is 4.59. The molecule has 2 aromatic carbocycles. The van der Waals surface area contributed by atoms with Crippen molar-refractivity contribution in [2.24, 2.45) is 11.8 Å². The van der Waals surface area contributed by atoms with Crippen LogP contribution in [-0.4, -0.2) is 28.2 Å². The third kappa shape index (κ3) is 4.74. The second-order valence-electron chi connectivity index (χ2n) is 8.79. The maximum atomic E-state index is 6.08. The molecule has 0 fully saturated rings. The third-order valence-electron chi connectivity index (χ3n) is 4.87. The lowest BCUT2D eigenvalue weighted by Gasteiger charge is -2.18. The smallest absolute Gasteiger partial charge is 0.163 e. The van der Waals surface area contributed by atoms with Crippen LogP contribution in [0.15, 0.2) is 42.7 Å². The lowest BCUT2D eigenvalue weighted by molar-refractivity contribution is 0.229. The maximum Gasteiger partial charge on any atom is 0.163 e. The van der Waals surface area contributed by atoms with Gasteiger partial charge in [0.25, 0.3) is 0 Å². The number of nitrogens with zero attached hydrogens (tertiary/aromatic N) is 2. The number of aryl methyl sites for hydroxylation is 1. The Morgan fingerprint density at radius 2 is 1.65 bits per heavy atom. The van der Waals surface area contributed by atoms with Crippen molar-refractivity contribution in [3.8, 4) is 11.5 Å². The summed E-state index contributed by atoms with van der Waals surface area (Å²) in [6, 6.07) is 12.1. The van der Waals surface area contributed by atoms with Crippen LogP contribution >= 0.6 is 0 Å². The van der Waals surface area contributed by atoms with E-state index < -0.39 is 0 Å². The van der Waals surface area contributed by atoms with Crippen LogP contribution in [0, 0.1) is 18.8 Å². The van der Waals surface area contributed by atoms with E-state index in [0.29, 0.717) is 25.0 Å². The van der Waals surface area contributed by atoms with Crippen molar-refractivity contribution < 1.29 is 9.47 Å². The molecule has 4 rings (SSSR count). The minimum absolute atomic E-state index is 0.426. The molecule has 31 heavy (non-hydrogen) atoms. The summed E-state index contributed by atoms with van der Waals surface area (Å²) in [7, 11) is 0. The van der Waals surface area contributed by atoms with Gasteiger partial charge in [-0.15, -0.1) is 0 Å². The first-order valence-electron chi connectivity index (χ1n) is 10.8. The van der Waals surface area contributed by atoms with Crippen molar-refractivity contribution in [3.63, 3.8) is 0 Å². The molecule has 2 heterocycles. The number of H-pyrrole nitrogens is 1. The molecule has 0 aliphatic rings. The molecule has 0 unspecified atom stereocenters. The minimum Gasteiger partial charge on any atom is -0.489 e. The van der Waals surface area contributed by atoms with Crippen LogP contribution in [0.5, 0.6) is 11.5 Å². The summed E-state index contributed by atoms with van der Waals surface area (Å²) >= 11 is 0. The second kappa shape index (κ2) is 8.84. The molecule has 6 nitrogen and oxygen atoms in total. The van der Waals surface area contributed by atoms with E-state index in [1.54, 1.807) is 6.33 Å². The van der Waals surface area contributed by atoms with Gasteiger partial charge in [0.05, 0.1) is 24.4 Å². The number of fused-ring (bicyclic) bond motifs is 3. The molecular weight excluding hydrogens is 388 g/mol. The predicted octanol–water partition coefficient (Wildman–Crippen LogP) is 6.23. The Bertz CT molecular complexity index is 1200. The van der Waals surface area contributed by atoms with E-state index in [-0.39, 0.29) is 0 Å². The molecule has 0 saturated heterocycles. The Labute approximate surface area is 183 Å². The normalized spacial score (nSPS) is 11.6. The Balaban J connectivity index is 1.72. The zero-order valence-corrected chi connectivity index (χ0v) is 18.8. The summed E-state index contributed by atoms with van der Waals surface area (Å²) in [4.78, 5) is 12.3. The molecule has 6 heteroatoms. The number of pyridine rings is 1. The lowest BCUT2D eigenvalue weighted by Crippen LogP contribution is -2.09. The molecule has 0 bridgehead atoms. The van der Waals surface area contributed by atoms with Crippen LogP contribution in [-0.2, 0) is 0 Å². The summed E-state index contributed by atoms with van der Waals surface area (Å²) < 4.78 is 12.1. The van der Waals surface area contributed by atoms with Gasteiger partial charge in [-0.1, -0.05) is 27.7 Å². The first-order chi connectivity index (χ1) is 14.9. The number of anilines is 2. The molecule has 0 spiro atoms. The van der Waals surface area contributed by atoms with Gasteiger partial charge in [0.15, 0.2) is 11.5 Å². The number of ether oxygens (including phenoxy) is 2. The number of hydrogen-bond acceptors (Lipinski definition) is 5. The van der Waals surface area contributed by atoms with Gasteiger partial charge in [0.2, 0.25) is 0 Å². The molecule has 0 aliphatic carbocycles. The fraction of sp³-hybridized carbons (Fsp3) is 0.360. The average Bonchev–Trinajstić information content (AvgIpc) is 3.19. The number of nitrogens with one attached hydrogen (secondary N) is 2. The minimum atomic E-state index is 0.426. The van der Waals surface area contributed by atoms with Gasteiger partial charge in [-0.2, -0.15) is 0 Å². The summed E-state index contributed by atoms with van der Waals surface area (Å²) in [5.41, 5.74) is 5.74. The summed E-state index contributed by atoms with van der Waals surface area (Å²) in [6.45, 7) is 11.9. The fourth-order valence-corrected chi connectivity index (χ4v) is 3.46. The van der Waals surface area contributed by atoms with Gasteiger partial charge in [-0.25, -0.2) is 9.97 Å². The Morgan fingerprint density at radius 1 is 0.903 bits per heavy atom. The number of hydrogen-bond donors (Lipinski definition) is 2. The monoisotopic (exact) mass is 418 g/mol. The number of aromatic nitrogens is 3. The zero-order chi connectivity index (χ0) is 22.0. The van der Waals surface area contributed by atoms with Crippen LogP contribution in [0.25, 0.3) is 21.9 Å². The quantitative estimate of drug-likeness (QED) is 0.355. The topological polar surface area (TPSA) is 72.1 Å². The lowest BCUT2D eigenvalue weighted by atomic mass is 10.1. The van der Waals surface area contributed by atoms with Crippen molar-refractivity contribution in [3.05, 3.63) is 48.4 Å². The Morgan fingerprint density at radius 3 is 2.39 bits per heavy atom. The van der Waals surface area contributed by atoms with Crippen molar-refractivity contribution in [2.75, 3.05) is 18.5 Å². The molecule has 162 valence electrons. The van der Waals surface area contributed by atoms with Gasteiger partial charge in [0, 0.05) is 28.4 Å². The van der Waals surface area contributed by atoms with Gasteiger partial charge >= 0.3 is 0 Å². The van der Waals surface area contributed by atoms with Crippen LogP contribution in [0.3, 0.4) is 0 Å². The van der Waals surface area contributed by atoms with Crippen LogP contribution in [0.2, 0.25) is 0 Å². The van der Waals surface area contributed by atoms with Crippen molar-refractivity contribution in [1.29, 1.82) is 0 Å². The third-order valence-corrected chi connectivity index (χ3v) is 4.87. The predicted molar refractivity (Wildman–Crippen MR) is 127 cm³/mol. The number of imidazole rings is 1. The molecular formula is C25H30N4O2. The fourth-order valence-electron chi connectivity index (χ4n) is 3.46. The molecule has 0 saturated carbocycles. The number of benzene rings is 2. The molecule has 2 aromatic heterocycles. The summed E-state index contributed by atoms with van der Waals surface area (Å²) in [5.74, 6) is 2.39. The summed E-state index contributed by atoms with van der Waals surface area (Å²) in [6.07, 6.45) is 1.60. The van der Waals surface area contributed by atoms with Gasteiger partial charge in [-0.05, 0) is 49.1 Å². The van der Waals surface area contributed by atoms with Crippen LogP contribution < -0.4 is 14.8 Å². The van der Waals surface area contributed by atoms with E-state index in [1.807, 2.05) is 37.3 Å².